The van der Waals surface area contributed by atoms with Crippen LogP contribution < -0.4 is 5.32 Å². The summed E-state index contributed by atoms with van der Waals surface area (Å²) in [5, 5.41) is 3.55. The Bertz CT molecular complexity index is 763. The molecule has 1 N–H and O–H groups in total. The number of hydrogen-bond donors (Lipinski definition) is 1. The molecule has 8 heteroatoms. The second kappa shape index (κ2) is 8.12. The molecule has 0 atom stereocenters. The van der Waals surface area contributed by atoms with Gasteiger partial charge in [-0.2, -0.15) is 0 Å². The molecule has 0 aliphatic rings. The summed E-state index contributed by atoms with van der Waals surface area (Å²) in [5.41, 5.74) is 2.35. The number of carbonyl (C=O) groups is 2. The fraction of sp³-hybridized carbons (Fsp3) is 0.250. The molecule has 1 aromatic carbocycles. The number of nitrogens with one attached hydrogen (secondary N) is 1. The van der Waals surface area contributed by atoms with Crippen LogP contribution in [0.2, 0.25) is 5.02 Å². The topological polar surface area (TPSA) is 81.2 Å². The van der Waals surface area contributed by atoms with Gasteiger partial charge in [-0.25, -0.2) is 14.8 Å². The molecule has 126 valence electrons. The Labute approximate surface area is 149 Å². The van der Waals surface area contributed by atoms with E-state index in [9.17, 15) is 9.59 Å². The van der Waals surface area contributed by atoms with Gasteiger partial charge in [0, 0.05) is 11.4 Å². The molecule has 0 aliphatic carbocycles. The van der Waals surface area contributed by atoms with E-state index in [-0.39, 0.29) is 11.7 Å². The Balaban J connectivity index is 2.03. The van der Waals surface area contributed by atoms with E-state index in [1.807, 2.05) is 19.9 Å². The molecule has 1 heterocycles. The van der Waals surface area contributed by atoms with E-state index in [0.717, 1.165) is 11.4 Å². The molecular formula is C16H16ClN3O3S. The summed E-state index contributed by atoms with van der Waals surface area (Å²) in [5.74, 6) is -0.645. The third-order valence-corrected chi connectivity index (χ3v) is 4.13. The summed E-state index contributed by atoms with van der Waals surface area (Å²) in [6.45, 7) is 3.74. The van der Waals surface area contributed by atoms with Crippen LogP contribution >= 0.6 is 23.4 Å². The predicted octanol–water partition coefficient (Wildman–Crippen LogP) is 3.26. The van der Waals surface area contributed by atoms with Crippen LogP contribution in [0.3, 0.4) is 0 Å². The van der Waals surface area contributed by atoms with Gasteiger partial charge in [0.05, 0.1) is 29.1 Å². The van der Waals surface area contributed by atoms with Gasteiger partial charge >= 0.3 is 5.97 Å². The minimum Gasteiger partial charge on any atom is -0.465 e. The van der Waals surface area contributed by atoms with E-state index in [1.165, 1.54) is 37.1 Å². The van der Waals surface area contributed by atoms with Crippen LogP contribution in [0.4, 0.5) is 5.69 Å². The number of nitrogens with zero attached hydrogens (tertiary/aromatic N) is 2. The summed E-state index contributed by atoms with van der Waals surface area (Å²) in [6, 6.07) is 6.40. The molecule has 6 nitrogen and oxygen atoms in total. The third kappa shape index (κ3) is 4.94. The molecule has 0 radical (unpaired) electrons. The van der Waals surface area contributed by atoms with Gasteiger partial charge < -0.3 is 10.1 Å². The second-order valence-electron chi connectivity index (χ2n) is 4.96. The Hall–Kier alpha value is -2.12. The molecular weight excluding hydrogens is 350 g/mol. The highest BCUT2D eigenvalue weighted by Crippen LogP contribution is 2.24. The molecule has 2 rings (SSSR count). The van der Waals surface area contributed by atoms with Gasteiger partial charge in [-0.15, -0.1) is 0 Å². The number of aromatic nitrogens is 2. The highest BCUT2D eigenvalue weighted by Gasteiger charge is 2.12. The van der Waals surface area contributed by atoms with E-state index in [4.69, 9.17) is 11.6 Å². The molecule has 0 unspecified atom stereocenters. The van der Waals surface area contributed by atoms with Gasteiger partial charge in [0.2, 0.25) is 5.91 Å². The number of hydrogen-bond acceptors (Lipinski definition) is 6. The Kier molecular flexibility index (Phi) is 6.16. The van der Waals surface area contributed by atoms with Gasteiger partial charge in [-0.1, -0.05) is 23.4 Å². The SMILES string of the molecule is COC(=O)c1ccc(Cl)c(NC(=O)CSc2nc(C)cc(C)n2)c1. The highest BCUT2D eigenvalue weighted by molar-refractivity contribution is 7.99. The first kappa shape index (κ1) is 18.2. The average Bonchev–Trinajstić information content (AvgIpc) is 2.53. The fourth-order valence-corrected chi connectivity index (χ4v) is 2.85. The number of aryl methyl sites for hydroxylation is 2. The predicted molar refractivity (Wildman–Crippen MR) is 93.7 cm³/mol. The van der Waals surface area contributed by atoms with E-state index < -0.39 is 5.97 Å². The summed E-state index contributed by atoms with van der Waals surface area (Å²) >= 11 is 7.28. The van der Waals surface area contributed by atoms with Gasteiger partial charge in [0.25, 0.3) is 0 Å². The third-order valence-electron chi connectivity index (χ3n) is 2.96. The van der Waals surface area contributed by atoms with Crippen LogP contribution in [0.5, 0.6) is 0 Å². The first-order valence-corrected chi connectivity index (χ1v) is 8.38. The molecule has 0 fully saturated rings. The van der Waals surface area contributed by atoms with Crippen molar-refractivity contribution in [3.05, 3.63) is 46.2 Å². The zero-order valence-electron chi connectivity index (χ0n) is 13.4. The molecule has 24 heavy (non-hydrogen) atoms. The van der Waals surface area contributed by atoms with Crippen molar-refractivity contribution in [3.63, 3.8) is 0 Å². The number of rotatable bonds is 5. The normalized spacial score (nSPS) is 10.3. The van der Waals surface area contributed by atoms with Crippen LogP contribution in [0.1, 0.15) is 21.7 Å². The molecule has 1 aromatic heterocycles. The van der Waals surface area contributed by atoms with E-state index in [0.29, 0.717) is 21.4 Å². The minimum atomic E-state index is -0.500. The molecule has 0 saturated heterocycles. The van der Waals surface area contributed by atoms with Crippen molar-refractivity contribution in [2.75, 3.05) is 18.2 Å². The monoisotopic (exact) mass is 365 g/mol. The lowest BCUT2D eigenvalue weighted by atomic mass is 10.2. The number of ether oxygens (including phenoxy) is 1. The zero-order chi connectivity index (χ0) is 17.7. The van der Waals surface area contributed by atoms with Crippen molar-refractivity contribution in [1.82, 2.24) is 9.97 Å². The van der Waals surface area contributed by atoms with Crippen molar-refractivity contribution in [2.24, 2.45) is 0 Å². The number of esters is 1. The maximum Gasteiger partial charge on any atom is 0.337 e. The number of halogens is 1. The number of anilines is 1. The lowest BCUT2D eigenvalue weighted by Gasteiger charge is -2.09. The van der Waals surface area contributed by atoms with Gasteiger partial charge in [0.15, 0.2) is 5.16 Å². The molecule has 0 saturated carbocycles. The van der Waals surface area contributed by atoms with Crippen LogP contribution in [0.15, 0.2) is 29.4 Å². The van der Waals surface area contributed by atoms with Gasteiger partial charge in [-0.3, -0.25) is 4.79 Å². The van der Waals surface area contributed by atoms with Crippen molar-refractivity contribution < 1.29 is 14.3 Å². The molecule has 0 aliphatic heterocycles. The molecule has 0 bridgehead atoms. The zero-order valence-corrected chi connectivity index (χ0v) is 15.0. The number of methoxy groups -OCH3 is 1. The van der Waals surface area contributed by atoms with Crippen molar-refractivity contribution in [2.45, 2.75) is 19.0 Å². The van der Waals surface area contributed by atoms with Crippen molar-refractivity contribution >= 4 is 40.9 Å². The first-order chi connectivity index (χ1) is 11.4. The molecule has 2 aromatic rings. The summed E-state index contributed by atoms with van der Waals surface area (Å²) < 4.78 is 4.65. The smallest absolute Gasteiger partial charge is 0.337 e. The molecule has 1 amide bonds. The summed E-state index contributed by atoms with van der Waals surface area (Å²) in [7, 11) is 1.29. The van der Waals surface area contributed by atoms with Crippen molar-refractivity contribution in [3.8, 4) is 0 Å². The Morgan fingerprint density at radius 2 is 1.88 bits per heavy atom. The maximum atomic E-state index is 12.1. The van der Waals surface area contributed by atoms with Gasteiger partial charge in [0.1, 0.15) is 0 Å². The van der Waals surface area contributed by atoms with Gasteiger partial charge in [-0.05, 0) is 38.1 Å². The first-order valence-electron chi connectivity index (χ1n) is 7.02. The lowest BCUT2D eigenvalue weighted by Crippen LogP contribution is -2.15. The van der Waals surface area contributed by atoms with Crippen LogP contribution in [-0.2, 0) is 9.53 Å². The number of amides is 1. The van der Waals surface area contributed by atoms with E-state index >= 15 is 0 Å². The highest BCUT2D eigenvalue weighted by atomic mass is 35.5. The largest absolute Gasteiger partial charge is 0.465 e. The van der Waals surface area contributed by atoms with E-state index in [1.54, 1.807) is 0 Å². The van der Waals surface area contributed by atoms with Crippen LogP contribution in [0.25, 0.3) is 0 Å². The van der Waals surface area contributed by atoms with Crippen LogP contribution in [0, 0.1) is 13.8 Å². The van der Waals surface area contributed by atoms with Crippen molar-refractivity contribution in [1.29, 1.82) is 0 Å². The molecule has 0 spiro atoms. The number of thioether (sulfide) groups is 1. The number of benzene rings is 1. The summed E-state index contributed by atoms with van der Waals surface area (Å²) in [6.07, 6.45) is 0. The maximum absolute atomic E-state index is 12.1. The minimum absolute atomic E-state index is 0.127. The Morgan fingerprint density at radius 3 is 2.50 bits per heavy atom. The second-order valence-corrected chi connectivity index (χ2v) is 6.31. The lowest BCUT2D eigenvalue weighted by molar-refractivity contribution is -0.113. The summed E-state index contributed by atoms with van der Waals surface area (Å²) in [4.78, 5) is 32.2. The quantitative estimate of drug-likeness (QED) is 0.497. The fourth-order valence-electron chi connectivity index (χ4n) is 1.94. The van der Waals surface area contributed by atoms with Crippen LogP contribution in [-0.4, -0.2) is 34.7 Å². The number of carbonyl (C=O) groups excluding carboxylic acids is 2. The van der Waals surface area contributed by atoms with E-state index in [2.05, 4.69) is 20.0 Å². The Morgan fingerprint density at radius 1 is 1.21 bits per heavy atom. The standard InChI is InChI=1S/C16H16ClN3O3S/c1-9-6-10(2)19-16(18-9)24-8-14(21)20-13-7-11(15(22)23-3)4-5-12(13)17/h4-7H,8H2,1-3H3,(H,20,21). The average molecular weight is 366 g/mol.